The van der Waals surface area contributed by atoms with Crippen LogP contribution in [0.2, 0.25) is 0 Å². The first-order chi connectivity index (χ1) is 8.66. The molecule has 0 aliphatic carbocycles. The van der Waals surface area contributed by atoms with Gasteiger partial charge in [0.05, 0.1) is 5.69 Å². The molecule has 0 bridgehead atoms. The van der Waals surface area contributed by atoms with Crippen molar-refractivity contribution in [2.24, 2.45) is 0 Å². The van der Waals surface area contributed by atoms with Crippen LogP contribution < -0.4 is 4.90 Å². The van der Waals surface area contributed by atoms with Gasteiger partial charge in [0.15, 0.2) is 0 Å². The van der Waals surface area contributed by atoms with Crippen LogP contribution in [0.5, 0.6) is 0 Å². The zero-order valence-corrected chi connectivity index (χ0v) is 12.0. The van der Waals surface area contributed by atoms with E-state index >= 15 is 0 Å². The number of nitrogens with zero attached hydrogens (tertiary/aromatic N) is 2. The second-order valence-electron chi connectivity index (χ2n) is 4.35. The number of hydrogen-bond donors (Lipinski definition) is 1. The second-order valence-corrected chi connectivity index (χ2v) is 5.93. The van der Waals surface area contributed by atoms with Gasteiger partial charge in [0.1, 0.15) is 0 Å². The lowest BCUT2D eigenvalue weighted by molar-refractivity contribution is -0.117. The third-order valence-corrected chi connectivity index (χ3v) is 4.17. The second kappa shape index (κ2) is 4.55. The van der Waals surface area contributed by atoms with Crippen LogP contribution in [0.1, 0.15) is 6.42 Å². The Labute approximate surface area is 119 Å². The Balaban J connectivity index is 2.18. The van der Waals surface area contributed by atoms with E-state index in [1.54, 1.807) is 17.3 Å². The van der Waals surface area contributed by atoms with E-state index in [-0.39, 0.29) is 11.2 Å². The molecular formula is C13H11BrN2OS. The summed E-state index contributed by atoms with van der Waals surface area (Å²) in [6.07, 6.45) is 4.06. The molecule has 2 aromatic rings. The zero-order valence-electron chi connectivity index (χ0n) is 9.51. The monoisotopic (exact) mass is 322 g/mol. The molecule has 1 aliphatic rings. The number of pyridine rings is 1. The first kappa shape index (κ1) is 12.0. The number of carbonyl (C=O) groups is 1. The van der Waals surface area contributed by atoms with Gasteiger partial charge < -0.3 is 4.90 Å². The van der Waals surface area contributed by atoms with Gasteiger partial charge in [0, 0.05) is 45.9 Å². The number of amides is 1. The number of rotatable bonds is 1. The predicted octanol–water partition coefficient (Wildman–Crippen LogP) is 3.03. The van der Waals surface area contributed by atoms with E-state index in [0.29, 0.717) is 13.0 Å². The molecule has 92 valence electrons. The van der Waals surface area contributed by atoms with Gasteiger partial charge in [0.25, 0.3) is 0 Å². The minimum atomic E-state index is 0.118. The molecule has 1 unspecified atom stereocenters. The topological polar surface area (TPSA) is 33.2 Å². The quantitative estimate of drug-likeness (QED) is 0.819. The fourth-order valence-electron chi connectivity index (χ4n) is 2.30. The van der Waals surface area contributed by atoms with Crippen molar-refractivity contribution in [1.82, 2.24) is 4.98 Å². The summed E-state index contributed by atoms with van der Waals surface area (Å²) in [5.41, 5.74) is 0.919. The molecule has 1 aromatic heterocycles. The van der Waals surface area contributed by atoms with Crippen LogP contribution in [0, 0.1) is 0 Å². The van der Waals surface area contributed by atoms with E-state index in [0.717, 1.165) is 20.9 Å². The molecule has 3 rings (SSSR count). The Kier molecular flexibility index (Phi) is 3.03. The van der Waals surface area contributed by atoms with Crippen LogP contribution in [0.15, 0.2) is 35.1 Å². The molecule has 1 aliphatic heterocycles. The molecule has 1 aromatic carbocycles. The summed E-state index contributed by atoms with van der Waals surface area (Å²) in [4.78, 5) is 17.9. The molecule has 18 heavy (non-hydrogen) atoms. The predicted molar refractivity (Wildman–Crippen MR) is 79.2 cm³/mol. The molecule has 0 spiro atoms. The van der Waals surface area contributed by atoms with Gasteiger partial charge in [0.2, 0.25) is 5.91 Å². The SMILES string of the molecule is O=C1CC(S)CN1c1ccc(Br)c2ccncc12. The first-order valence-electron chi connectivity index (χ1n) is 5.67. The Bertz CT molecular complexity index is 631. The summed E-state index contributed by atoms with van der Waals surface area (Å²) >= 11 is 7.91. The van der Waals surface area contributed by atoms with Crippen LogP contribution in [0.3, 0.4) is 0 Å². The van der Waals surface area contributed by atoms with Crippen molar-refractivity contribution < 1.29 is 4.79 Å². The van der Waals surface area contributed by atoms with Crippen LogP contribution in [-0.2, 0) is 4.79 Å². The van der Waals surface area contributed by atoms with Crippen molar-refractivity contribution in [2.75, 3.05) is 11.4 Å². The van der Waals surface area contributed by atoms with Crippen LogP contribution in [0.25, 0.3) is 10.8 Å². The van der Waals surface area contributed by atoms with Gasteiger partial charge in [-0.05, 0) is 18.2 Å². The molecule has 3 nitrogen and oxygen atoms in total. The maximum atomic E-state index is 12.0. The summed E-state index contributed by atoms with van der Waals surface area (Å²) < 4.78 is 1.01. The molecule has 0 N–H and O–H groups in total. The normalized spacial score (nSPS) is 19.8. The standard InChI is InChI=1S/C13H11BrN2OS/c14-11-1-2-12(10-6-15-4-3-9(10)11)16-7-8(18)5-13(16)17/h1-4,6,8,18H,5,7H2. The highest BCUT2D eigenvalue weighted by molar-refractivity contribution is 9.10. The number of fused-ring (bicyclic) bond motifs is 1. The maximum absolute atomic E-state index is 12.0. The molecular weight excluding hydrogens is 312 g/mol. The lowest BCUT2D eigenvalue weighted by Gasteiger charge is -2.18. The number of thiol groups is 1. The summed E-state index contributed by atoms with van der Waals surface area (Å²) in [5.74, 6) is 0.127. The van der Waals surface area contributed by atoms with Crippen molar-refractivity contribution in [3.05, 3.63) is 35.1 Å². The van der Waals surface area contributed by atoms with E-state index < -0.39 is 0 Å². The van der Waals surface area contributed by atoms with Crippen molar-refractivity contribution in [3.63, 3.8) is 0 Å². The van der Waals surface area contributed by atoms with E-state index in [1.165, 1.54) is 0 Å². The highest BCUT2D eigenvalue weighted by atomic mass is 79.9. The fourth-order valence-corrected chi connectivity index (χ4v) is 3.09. The summed E-state index contributed by atoms with van der Waals surface area (Å²) in [6.45, 7) is 0.660. The Morgan fingerprint density at radius 3 is 2.89 bits per heavy atom. The highest BCUT2D eigenvalue weighted by Crippen LogP contribution is 2.34. The summed E-state index contributed by atoms with van der Waals surface area (Å²) in [6, 6.07) is 5.87. The molecule has 1 atom stereocenters. The average Bonchev–Trinajstić information content (AvgIpc) is 2.69. The van der Waals surface area contributed by atoms with Gasteiger partial charge >= 0.3 is 0 Å². The number of aromatic nitrogens is 1. The van der Waals surface area contributed by atoms with Crippen LogP contribution >= 0.6 is 28.6 Å². The molecule has 0 radical (unpaired) electrons. The smallest absolute Gasteiger partial charge is 0.228 e. The lowest BCUT2D eigenvalue weighted by Crippen LogP contribution is -2.24. The number of halogens is 1. The number of anilines is 1. The van der Waals surface area contributed by atoms with E-state index in [4.69, 9.17) is 0 Å². The molecule has 1 amide bonds. The zero-order chi connectivity index (χ0) is 12.7. The third kappa shape index (κ3) is 1.91. The first-order valence-corrected chi connectivity index (χ1v) is 6.98. The van der Waals surface area contributed by atoms with Crippen molar-refractivity contribution >= 4 is 50.9 Å². The molecule has 1 fully saturated rings. The maximum Gasteiger partial charge on any atom is 0.228 e. The molecule has 5 heteroatoms. The van der Waals surface area contributed by atoms with Crippen molar-refractivity contribution in [3.8, 4) is 0 Å². The highest BCUT2D eigenvalue weighted by Gasteiger charge is 2.29. The fraction of sp³-hybridized carbons (Fsp3) is 0.231. The summed E-state index contributed by atoms with van der Waals surface area (Å²) in [5, 5.41) is 2.17. The van der Waals surface area contributed by atoms with Gasteiger partial charge in [-0.3, -0.25) is 9.78 Å². The van der Waals surface area contributed by atoms with Gasteiger partial charge in [-0.1, -0.05) is 15.9 Å². The lowest BCUT2D eigenvalue weighted by atomic mass is 10.1. The van der Waals surface area contributed by atoms with Gasteiger partial charge in [-0.25, -0.2) is 0 Å². The van der Waals surface area contributed by atoms with Crippen molar-refractivity contribution in [1.29, 1.82) is 0 Å². The van der Waals surface area contributed by atoms with Crippen LogP contribution in [0.4, 0.5) is 5.69 Å². The minimum Gasteiger partial charge on any atom is -0.311 e. The van der Waals surface area contributed by atoms with Crippen molar-refractivity contribution in [2.45, 2.75) is 11.7 Å². The Hall–Kier alpha value is -1.07. The molecule has 1 saturated heterocycles. The largest absolute Gasteiger partial charge is 0.311 e. The number of benzene rings is 1. The Morgan fingerprint density at radius 1 is 1.33 bits per heavy atom. The number of carbonyl (C=O) groups excluding carboxylic acids is 1. The van der Waals surface area contributed by atoms with E-state index in [9.17, 15) is 4.79 Å². The Morgan fingerprint density at radius 2 is 2.17 bits per heavy atom. The summed E-state index contributed by atoms with van der Waals surface area (Å²) in [7, 11) is 0. The molecule has 0 saturated carbocycles. The third-order valence-electron chi connectivity index (χ3n) is 3.14. The van der Waals surface area contributed by atoms with E-state index in [1.807, 2.05) is 18.2 Å². The minimum absolute atomic E-state index is 0.118. The molecule has 2 heterocycles. The van der Waals surface area contributed by atoms with Gasteiger partial charge in [-0.2, -0.15) is 12.6 Å². The number of hydrogen-bond acceptors (Lipinski definition) is 3. The van der Waals surface area contributed by atoms with E-state index in [2.05, 4.69) is 33.5 Å². The van der Waals surface area contributed by atoms with Gasteiger partial charge in [-0.15, -0.1) is 0 Å². The van der Waals surface area contributed by atoms with Crippen LogP contribution in [-0.4, -0.2) is 22.7 Å². The average molecular weight is 323 g/mol.